The van der Waals surface area contributed by atoms with Crippen molar-refractivity contribution in [1.29, 1.82) is 0 Å². The number of aromatic amines is 1. The van der Waals surface area contributed by atoms with Gasteiger partial charge in [-0.1, -0.05) is 36.4 Å². The number of H-pyrrole nitrogens is 1. The van der Waals surface area contributed by atoms with E-state index in [1.165, 1.54) is 4.90 Å². The van der Waals surface area contributed by atoms with Crippen LogP contribution in [0.25, 0.3) is 10.9 Å². The fourth-order valence-corrected chi connectivity index (χ4v) is 2.57. The van der Waals surface area contributed by atoms with Gasteiger partial charge in [0.1, 0.15) is 6.04 Å². The van der Waals surface area contributed by atoms with E-state index in [0.29, 0.717) is 5.56 Å². The summed E-state index contributed by atoms with van der Waals surface area (Å²) in [5, 5.41) is 10.4. The van der Waals surface area contributed by atoms with Crippen LogP contribution in [0.15, 0.2) is 54.7 Å². The molecule has 2 aromatic carbocycles. The number of hydrogen-bond donors (Lipinski definition) is 2. The maximum atomic E-state index is 12.7. The third kappa shape index (κ3) is 2.99. The van der Waals surface area contributed by atoms with Crippen LogP contribution >= 0.6 is 0 Å². The van der Waals surface area contributed by atoms with Crippen LogP contribution < -0.4 is 5.32 Å². The quantitative estimate of drug-likeness (QED) is 0.772. The Hall–Kier alpha value is -3.15. The normalized spacial score (nSPS) is 11.9. The number of nitrogens with zero attached hydrogens (tertiary/aromatic N) is 2. The number of amides is 2. The average Bonchev–Trinajstić information content (AvgIpc) is 3.08. The molecule has 6 nitrogen and oxygen atoms in total. The van der Waals surface area contributed by atoms with E-state index < -0.39 is 6.04 Å². The van der Waals surface area contributed by atoms with Crippen molar-refractivity contribution in [2.45, 2.75) is 6.04 Å². The second-order valence-electron chi connectivity index (χ2n) is 5.69. The SMILES string of the molecule is CN(C)C(=O)[C@@H](NC(=O)c1cccc2[nH]ncc12)c1ccccc1. The van der Waals surface area contributed by atoms with Crippen molar-refractivity contribution < 1.29 is 9.59 Å². The van der Waals surface area contributed by atoms with Gasteiger partial charge < -0.3 is 10.2 Å². The van der Waals surface area contributed by atoms with Crippen LogP contribution in [0.2, 0.25) is 0 Å². The minimum atomic E-state index is -0.740. The smallest absolute Gasteiger partial charge is 0.252 e. The van der Waals surface area contributed by atoms with Gasteiger partial charge >= 0.3 is 0 Å². The lowest BCUT2D eigenvalue weighted by molar-refractivity contribution is -0.130. The predicted octanol–water partition coefficient (Wildman–Crippen LogP) is 2.12. The van der Waals surface area contributed by atoms with E-state index >= 15 is 0 Å². The number of aromatic nitrogens is 2. The zero-order valence-electron chi connectivity index (χ0n) is 13.5. The number of carbonyl (C=O) groups excluding carboxylic acids is 2. The van der Waals surface area contributed by atoms with Crippen molar-refractivity contribution in [3.63, 3.8) is 0 Å². The van der Waals surface area contributed by atoms with Crippen LogP contribution in [-0.4, -0.2) is 41.0 Å². The van der Waals surface area contributed by atoms with Gasteiger partial charge in [-0.05, 0) is 17.7 Å². The second kappa shape index (κ2) is 6.54. The second-order valence-corrected chi connectivity index (χ2v) is 5.69. The van der Waals surface area contributed by atoms with Crippen LogP contribution in [0, 0.1) is 0 Å². The number of benzene rings is 2. The fourth-order valence-electron chi connectivity index (χ4n) is 2.57. The summed E-state index contributed by atoms with van der Waals surface area (Å²) >= 11 is 0. The molecular weight excluding hydrogens is 304 g/mol. The maximum absolute atomic E-state index is 12.7. The topological polar surface area (TPSA) is 78.1 Å². The first-order valence-corrected chi connectivity index (χ1v) is 7.57. The van der Waals surface area contributed by atoms with E-state index in [0.717, 1.165) is 16.5 Å². The lowest BCUT2D eigenvalue weighted by Crippen LogP contribution is -2.39. The van der Waals surface area contributed by atoms with Crippen LogP contribution in [0.3, 0.4) is 0 Å². The summed E-state index contributed by atoms with van der Waals surface area (Å²) in [5.74, 6) is -0.500. The van der Waals surface area contributed by atoms with E-state index in [4.69, 9.17) is 0 Å². The van der Waals surface area contributed by atoms with Crippen LogP contribution in [0.1, 0.15) is 22.0 Å². The first-order valence-electron chi connectivity index (χ1n) is 7.57. The summed E-state index contributed by atoms with van der Waals surface area (Å²) in [6.45, 7) is 0. The maximum Gasteiger partial charge on any atom is 0.252 e. The molecule has 0 spiro atoms. The first-order chi connectivity index (χ1) is 11.6. The molecule has 1 heterocycles. The zero-order chi connectivity index (χ0) is 17.1. The van der Waals surface area contributed by atoms with Crippen LogP contribution in [-0.2, 0) is 4.79 Å². The van der Waals surface area contributed by atoms with Gasteiger partial charge in [-0.25, -0.2) is 0 Å². The minimum absolute atomic E-state index is 0.186. The van der Waals surface area contributed by atoms with Crippen molar-refractivity contribution in [3.05, 3.63) is 65.9 Å². The molecule has 24 heavy (non-hydrogen) atoms. The van der Waals surface area contributed by atoms with Gasteiger partial charge in [-0.2, -0.15) is 5.10 Å². The van der Waals surface area contributed by atoms with E-state index in [-0.39, 0.29) is 11.8 Å². The minimum Gasteiger partial charge on any atom is -0.347 e. The van der Waals surface area contributed by atoms with Crippen molar-refractivity contribution in [3.8, 4) is 0 Å². The zero-order valence-corrected chi connectivity index (χ0v) is 13.5. The summed E-state index contributed by atoms with van der Waals surface area (Å²) in [6.07, 6.45) is 1.61. The van der Waals surface area contributed by atoms with Gasteiger partial charge in [0.2, 0.25) is 5.91 Å². The molecule has 0 saturated carbocycles. The monoisotopic (exact) mass is 322 g/mol. The van der Waals surface area contributed by atoms with E-state index in [1.807, 2.05) is 36.4 Å². The summed E-state index contributed by atoms with van der Waals surface area (Å²) in [6, 6.07) is 13.8. The standard InChI is InChI=1S/C18H18N4O2/c1-22(2)18(24)16(12-7-4-3-5-8-12)20-17(23)13-9-6-10-15-14(13)11-19-21-15/h3-11,16H,1-2H3,(H,19,21)(H,20,23)/t16-/m0/s1. The molecule has 3 rings (SSSR count). The van der Waals surface area contributed by atoms with Gasteiger partial charge in [0.05, 0.1) is 17.3 Å². The number of likely N-dealkylation sites (N-methyl/N-ethyl adjacent to an activating group) is 1. The lowest BCUT2D eigenvalue weighted by Gasteiger charge is -2.22. The van der Waals surface area contributed by atoms with Crippen molar-refractivity contribution in [2.24, 2.45) is 0 Å². The Bertz CT molecular complexity index is 871. The highest BCUT2D eigenvalue weighted by molar-refractivity contribution is 6.07. The molecule has 0 aliphatic heterocycles. The molecule has 0 saturated heterocycles. The molecule has 2 N–H and O–H groups in total. The molecule has 0 aliphatic rings. The van der Waals surface area contributed by atoms with Crippen LogP contribution in [0.4, 0.5) is 0 Å². The van der Waals surface area contributed by atoms with Crippen molar-refractivity contribution in [1.82, 2.24) is 20.4 Å². The van der Waals surface area contributed by atoms with Crippen molar-refractivity contribution >= 4 is 22.7 Å². The lowest BCUT2D eigenvalue weighted by atomic mass is 10.0. The molecular formula is C18H18N4O2. The Morgan fingerprint density at radius 3 is 2.54 bits per heavy atom. The Labute approximate surface area is 139 Å². The molecule has 0 fully saturated rings. The van der Waals surface area contributed by atoms with Gasteiger partial charge in [0.15, 0.2) is 0 Å². The molecule has 6 heteroatoms. The number of nitrogens with one attached hydrogen (secondary N) is 2. The van der Waals surface area contributed by atoms with E-state index in [9.17, 15) is 9.59 Å². The van der Waals surface area contributed by atoms with E-state index in [1.54, 1.807) is 32.4 Å². The number of fused-ring (bicyclic) bond motifs is 1. The summed E-state index contributed by atoms with van der Waals surface area (Å²) in [7, 11) is 3.34. The highest BCUT2D eigenvalue weighted by Gasteiger charge is 2.25. The highest BCUT2D eigenvalue weighted by atomic mass is 16.2. The van der Waals surface area contributed by atoms with Gasteiger partial charge in [0, 0.05) is 19.5 Å². The third-order valence-electron chi connectivity index (χ3n) is 3.83. The Kier molecular flexibility index (Phi) is 4.29. The summed E-state index contributed by atoms with van der Waals surface area (Å²) in [5.41, 5.74) is 2.00. The Balaban J connectivity index is 1.94. The molecule has 0 unspecified atom stereocenters. The Morgan fingerprint density at radius 2 is 1.83 bits per heavy atom. The molecule has 1 atom stereocenters. The molecule has 0 bridgehead atoms. The molecule has 3 aromatic rings. The molecule has 122 valence electrons. The Morgan fingerprint density at radius 1 is 1.08 bits per heavy atom. The summed E-state index contributed by atoms with van der Waals surface area (Å²) in [4.78, 5) is 26.7. The molecule has 1 aromatic heterocycles. The summed E-state index contributed by atoms with van der Waals surface area (Å²) < 4.78 is 0. The molecule has 0 aliphatic carbocycles. The van der Waals surface area contributed by atoms with Crippen LogP contribution in [0.5, 0.6) is 0 Å². The van der Waals surface area contributed by atoms with Crippen molar-refractivity contribution in [2.75, 3.05) is 14.1 Å². The molecule has 0 radical (unpaired) electrons. The predicted molar refractivity (Wildman–Crippen MR) is 91.4 cm³/mol. The number of rotatable bonds is 4. The van der Waals surface area contributed by atoms with Gasteiger partial charge in [-0.15, -0.1) is 0 Å². The average molecular weight is 322 g/mol. The number of hydrogen-bond acceptors (Lipinski definition) is 3. The highest BCUT2D eigenvalue weighted by Crippen LogP contribution is 2.19. The van der Waals surface area contributed by atoms with Gasteiger partial charge in [-0.3, -0.25) is 14.7 Å². The fraction of sp³-hybridized carbons (Fsp3) is 0.167. The first kappa shape index (κ1) is 15.7. The van der Waals surface area contributed by atoms with E-state index in [2.05, 4.69) is 15.5 Å². The largest absolute Gasteiger partial charge is 0.347 e. The van der Waals surface area contributed by atoms with Gasteiger partial charge in [0.25, 0.3) is 5.91 Å². The molecule has 2 amide bonds. The third-order valence-corrected chi connectivity index (χ3v) is 3.83. The number of carbonyl (C=O) groups is 2.